The number of hydrogen-bond donors (Lipinski definition) is 2. The third-order valence-corrected chi connectivity index (χ3v) is 4.03. The minimum atomic E-state index is 0.0475. The zero-order valence-corrected chi connectivity index (χ0v) is 13.0. The normalized spacial score (nSPS) is 15.5. The molecule has 0 saturated carbocycles. The van der Waals surface area contributed by atoms with Crippen molar-refractivity contribution in [2.45, 2.75) is 6.10 Å². The van der Waals surface area contributed by atoms with Crippen molar-refractivity contribution in [3.63, 3.8) is 0 Å². The second kappa shape index (κ2) is 6.06. The summed E-state index contributed by atoms with van der Waals surface area (Å²) in [6, 6.07) is 10.0. The number of imidazole rings is 1. The molecule has 3 N–H and O–H groups in total. The molecule has 0 aliphatic carbocycles. The van der Waals surface area contributed by atoms with E-state index in [1.807, 2.05) is 28.8 Å². The Morgan fingerprint density at radius 3 is 2.83 bits per heavy atom. The van der Waals surface area contributed by atoms with Crippen molar-refractivity contribution in [1.29, 1.82) is 0 Å². The van der Waals surface area contributed by atoms with Gasteiger partial charge >= 0.3 is 6.01 Å². The smallest absolute Gasteiger partial charge is 0.303 e. The monoisotopic (exact) mass is 326 g/mol. The lowest BCUT2D eigenvalue weighted by molar-refractivity contribution is 0.00484. The van der Waals surface area contributed by atoms with Gasteiger partial charge in [0, 0.05) is 31.9 Å². The van der Waals surface area contributed by atoms with Crippen molar-refractivity contribution in [2.24, 2.45) is 0 Å². The van der Waals surface area contributed by atoms with E-state index in [0.717, 1.165) is 24.1 Å². The van der Waals surface area contributed by atoms with Gasteiger partial charge in [-0.1, -0.05) is 12.1 Å². The highest BCUT2D eigenvalue weighted by Gasteiger charge is 2.29. The molecule has 8 nitrogen and oxygen atoms in total. The van der Waals surface area contributed by atoms with Crippen molar-refractivity contribution in [3.05, 3.63) is 36.5 Å². The Hall–Kier alpha value is -2.71. The van der Waals surface area contributed by atoms with Crippen LogP contribution >= 0.6 is 0 Å². The van der Waals surface area contributed by atoms with Crippen LogP contribution in [-0.4, -0.2) is 61.9 Å². The number of nitrogen functional groups attached to an aromatic ring is 1. The van der Waals surface area contributed by atoms with Crippen molar-refractivity contribution in [3.8, 4) is 11.8 Å². The molecule has 1 aliphatic heterocycles. The number of aromatic nitrogens is 4. The van der Waals surface area contributed by atoms with Crippen LogP contribution < -0.4 is 10.5 Å². The Labute approximate surface area is 138 Å². The molecule has 3 heterocycles. The van der Waals surface area contributed by atoms with Gasteiger partial charge in [-0.25, -0.2) is 9.55 Å². The number of anilines is 1. The van der Waals surface area contributed by atoms with E-state index in [1.165, 1.54) is 0 Å². The summed E-state index contributed by atoms with van der Waals surface area (Å²) in [4.78, 5) is 14.9. The van der Waals surface area contributed by atoms with E-state index >= 15 is 0 Å². The molecule has 3 aromatic rings. The number of para-hydroxylation sites is 2. The number of nitrogens with zero attached hydrogens (tertiary/aromatic N) is 5. The van der Waals surface area contributed by atoms with Gasteiger partial charge in [0.05, 0.1) is 17.6 Å². The van der Waals surface area contributed by atoms with E-state index in [9.17, 15) is 0 Å². The van der Waals surface area contributed by atoms with Crippen LogP contribution in [0.2, 0.25) is 0 Å². The van der Waals surface area contributed by atoms with Crippen LogP contribution in [0, 0.1) is 0 Å². The molecule has 1 aromatic carbocycles. The Bertz CT molecular complexity index is 859. The maximum Gasteiger partial charge on any atom is 0.303 e. The van der Waals surface area contributed by atoms with E-state index in [2.05, 4.69) is 19.9 Å². The zero-order chi connectivity index (χ0) is 16.5. The van der Waals surface area contributed by atoms with Gasteiger partial charge in [0.15, 0.2) is 0 Å². The van der Waals surface area contributed by atoms with Crippen LogP contribution in [0.25, 0.3) is 16.9 Å². The molecule has 1 saturated heterocycles. The van der Waals surface area contributed by atoms with Gasteiger partial charge in [0.2, 0.25) is 5.95 Å². The fourth-order valence-corrected chi connectivity index (χ4v) is 2.86. The zero-order valence-electron chi connectivity index (χ0n) is 13.0. The third-order valence-electron chi connectivity index (χ3n) is 4.03. The van der Waals surface area contributed by atoms with Gasteiger partial charge in [-0.2, -0.15) is 9.97 Å². The Morgan fingerprint density at radius 2 is 2.04 bits per heavy atom. The predicted octanol–water partition coefficient (Wildman–Crippen LogP) is 0.453. The van der Waals surface area contributed by atoms with E-state index in [1.54, 1.807) is 12.3 Å². The van der Waals surface area contributed by atoms with Gasteiger partial charge in [0.1, 0.15) is 11.9 Å². The Kier molecular flexibility index (Phi) is 3.75. The lowest BCUT2D eigenvalue weighted by Gasteiger charge is -2.38. The van der Waals surface area contributed by atoms with Crippen LogP contribution in [0.1, 0.15) is 0 Å². The number of nitrogens with two attached hydrogens (primary N) is 1. The van der Waals surface area contributed by atoms with Gasteiger partial charge in [-0.3, -0.25) is 4.90 Å². The van der Waals surface area contributed by atoms with Gasteiger partial charge < -0.3 is 15.6 Å². The Balaban J connectivity index is 1.69. The molecule has 0 amide bonds. The summed E-state index contributed by atoms with van der Waals surface area (Å²) >= 11 is 0. The van der Waals surface area contributed by atoms with Crippen molar-refractivity contribution in [2.75, 3.05) is 32.0 Å². The molecule has 0 atom stereocenters. The number of β-amino-alcohol motifs (C(OH)–C–C–N with tert-alkyl or cyclic N) is 1. The summed E-state index contributed by atoms with van der Waals surface area (Å²) in [5.74, 6) is 0.826. The number of likely N-dealkylation sites (tertiary alicyclic amines) is 1. The fraction of sp³-hybridized carbons (Fsp3) is 0.312. The summed E-state index contributed by atoms with van der Waals surface area (Å²) < 4.78 is 7.91. The first-order chi connectivity index (χ1) is 11.7. The second-order valence-corrected chi connectivity index (χ2v) is 5.71. The number of rotatable bonds is 5. The first-order valence-electron chi connectivity index (χ1n) is 7.81. The summed E-state index contributed by atoms with van der Waals surface area (Å²) in [6.45, 7) is 2.37. The number of ether oxygens (including phenoxy) is 1. The summed E-state index contributed by atoms with van der Waals surface area (Å²) in [6.07, 6.45) is 1.66. The van der Waals surface area contributed by atoms with Crippen LogP contribution in [0.4, 0.5) is 5.95 Å². The lowest BCUT2D eigenvalue weighted by Crippen LogP contribution is -2.54. The number of aliphatic hydroxyl groups excluding tert-OH is 1. The van der Waals surface area contributed by atoms with E-state index in [4.69, 9.17) is 15.6 Å². The van der Waals surface area contributed by atoms with Gasteiger partial charge in [-0.15, -0.1) is 0 Å². The van der Waals surface area contributed by atoms with Crippen LogP contribution in [0.15, 0.2) is 36.5 Å². The molecule has 8 heteroatoms. The molecular formula is C16H18N6O2. The molecule has 1 aliphatic rings. The van der Waals surface area contributed by atoms with Crippen molar-refractivity contribution in [1.82, 2.24) is 24.4 Å². The van der Waals surface area contributed by atoms with Crippen molar-refractivity contribution < 1.29 is 9.84 Å². The number of benzene rings is 1. The van der Waals surface area contributed by atoms with E-state index < -0.39 is 0 Å². The molecule has 1 fully saturated rings. The van der Waals surface area contributed by atoms with E-state index in [-0.39, 0.29) is 18.7 Å². The maximum absolute atomic E-state index is 8.97. The number of fused-ring (bicyclic) bond motifs is 1. The average Bonchev–Trinajstić information content (AvgIpc) is 2.91. The quantitative estimate of drug-likeness (QED) is 0.702. The van der Waals surface area contributed by atoms with Crippen LogP contribution in [0.5, 0.6) is 6.01 Å². The minimum absolute atomic E-state index is 0.0475. The predicted molar refractivity (Wildman–Crippen MR) is 89.0 cm³/mol. The molecule has 0 bridgehead atoms. The first kappa shape index (κ1) is 14.9. The SMILES string of the molecule is Nc1nccc(-n2c(OC3CN(CCO)C3)nc3ccccc32)n1. The highest BCUT2D eigenvalue weighted by molar-refractivity contribution is 5.78. The second-order valence-electron chi connectivity index (χ2n) is 5.71. The highest BCUT2D eigenvalue weighted by Crippen LogP contribution is 2.27. The molecule has 0 unspecified atom stereocenters. The maximum atomic E-state index is 8.97. The third kappa shape index (κ3) is 2.66. The Morgan fingerprint density at radius 1 is 1.21 bits per heavy atom. The molecule has 124 valence electrons. The van der Waals surface area contributed by atoms with Crippen molar-refractivity contribution >= 4 is 17.0 Å². The standard InChI is InChI=1S/C16H18N6O2/c17-15-18-6-5-14(20-15)22-13-4-2-1-3-12(13)19-16(22)24-11-9-21(10-11)7-8-23/h1-6,11,23H,7-10H2,(H2,17,18,20). The summed E-state index contributed by atoms with van der Waals surface area (Å²) in [7, 11) is 0. The molecular weight excluding hydrogens is 308 g/mol. The van der Waals surface area contributed by atoms with E-state index in [0.29, 0.717) is 18.4 Å². The topological polar surface area (TPSA) is 102 Å². The van der Waals surface area contributed by atoms with Gasteiger partial charge in [-0.05, 0) is 12.1 Å². The average molecular weight is 326 g/mol. The number of hydrogen-bond acceptors (Lipinski definition) is 7. The molecule has 24 heavy (non-hydrogen) atoms. The molecule has 4 rings (SSSR count). The largest absolute Gasteiger partial charge is 0.458 e. The minimum Gasteiger partial charge on any atom is -0.458 e. The lowest BCUT2D eigenvalue weighted by atomic mass is 10.2. The molecule has 0 spiro atoms. The fourth-order valence-electron chi connectivity index (χ4n) is 2.86. The summed E-state index contributed by atoms with van der Waals surface area (Å²) in [5.41, 5.74) is 7.45. The molecule has 2 aromatic heterocycles. The van der Waals surface area contributed by atoms with Gasteiger partial charge in [0.25, 0.3) is 0 Å². The van der Waals surface area contributed by atoms with Crippen LogP contribution in [-0.2, 0) is 0 Å². The highest BCUT2D eigenvalue weighted by atomic mass is 16.5. The molecule has 0 radical (unpaired) electrons. The number of aliphatic hydroxyl groups is 1. The first-order valence-corrected chi connectivity index (χ1v) is 7.81. The summed E-state index contributed by atoms with van der Waals surface area (Å²) in [5, 5.41) is 8.97. The van der Waals surface area contributed by atoms with Crippen LogP contribution in [0.3, 0.4) is 0 Å².